The third-order valence-corrected chi connectivity index (χ3v) is 3.02. The molecule has 0 aliphatic rings. The molecule has 0 aliphatic heterocycles. The number of anilines is 3. The molecular formula is C13H14ClF3N8. The zero-order chi connectivity index (χ0) is 18.6. The second kappa shape index (κ2) is 7.38. The number of nitrogen functional groups attached to an aromatic ring is 1. The van der Waals surface area contributed by atoms with Gasteiger partial charge in [-0.3, -0.25) is 9.36 Å². The SMILES string of the molecule is Cn1cc(N)cn1.Cn1cc(Nc2ncc(C(F)(F)F)c(Cl)n2)cn1. The number of hydrogen-bond donors (Lipinski definition) is 2. The van der Waals surface area contributed by atoms with Crippen LogP contribution in [-0.4, -0.2) is 29.5 Å². The monoisotopic (exact) mass is 374 g/mol. The highest BCUT2D eigenvalue weighted by molar-refractivity contribution is 6.30. The minimum absolute atomic E-state index is 0.0269. The number of aryl methyl sites for hydroxylation is 2. The second-order valence-electron chi connectivity index (χ2n) is 4.87. The summed E-state index contributed by atoms with van der Waals surface area (Å²) in [5.74, 6) is -0.0269. The first-order chi connectivity index (χ1) is 11.6. The summed E-state index contributed by atoms with van der Waals surface area (Å²) in [6.45, 7) is 0. The topological polar surface area (TPSA) is 99.5 Å². The second-order valence-corrected chi connectivity index (χ2v) is 5.23. The fourth-order valence-electron chi connectivity index (χ4n) is 1.67. The van der Waals surface area contributed by atoms with Crippen LogP contribution in [0.3, 0.4) is 0 Å². The predicted octanol–water partition coefficient (Wildman–Crippen LogP) is 2.63. The van der Waals surface area contributed by atoms with E-state index in [-0.39, 0.29) is 5.95 Å². The summed E-state index contributed by atoms with van der Waals surface area (Å²) in [4.78, 5) is 7.08. The smallest absolute Gasteiger partial charge is 0.396 e. The van der Waals surface area contributed by atoms with Crippen LogP contribution in [0.1, 0.15) is 5.56 Å². The third kappa shape index (κ3) is 5.35. The van der Waals surface area contributed by atoms with Crippen molar-refractivity contribution in [2.24, 2.45) is 14.1 Å². The average molecular weight is 375 g/mol. The summed E-state index contributed by atoms with van der Waals surface area (Å²) in [6, 6.07) is 0. The minimum Gasteiger partial charge on any atom is -0.396 e. The van der Waals surface area contributed by atoms with Crippen LogP contribution >= 0.6 is 11.6 Å². The quantitative estimate of drug-likeness (QED) is 0.669. The fourth-order valence-corrected chi connectivity index (χ4v) is 1.90. The summed E-state index contributed by atoms with van der Waals surface area (Å²) in [6.07, 6.45) is 2.53. The van der Waals surface area contributed by atoms with Crippen molar-refractivity contribution < 1.29 is 13.2 Å². The van der Waals surface area contributed by atoms with Crippen molar-refractivity contribution in [3.63, 3.8) is 0 Å². The van der Waals surface area contributed by atoms with Crippen LogP contribution in [0.25, 0.3) is 0 Å². The molecule has 0 aliphatic carbocycles. The van der Waals surface area contributed by atoms with Gasteiger partial charge in [0, 0.05) is 32.7 Å². The Balaban J connectivity index is 0.000000269. The number of halogens is 4. The Morgan fingerprint density at radius 2 is 1.72 bits per heavy atom. The molecule has 0 saturated carbocycles. The van der Waals surface area contributed by atoms with E-state index in [2.05, 4.69) is 25.5 Å². The van der Waals surface area contributed by atoms with E-state index in [1.807, 2.05) is 7.05 Å². The molecule has 0 spiro atoms. The van der Waals surface area contributed by atoms with Crippen LogP contribution in [0.4, 0.5) is 30.5 Å². The van der Waals surface area contributed by atoms with Gasteiger partial charge in [0.2, 0.25) is 5.95 Å². The number of hydrogen-bond acceptors (Lipinski definition) is 6. The van der Waals surface area contributed by atoms with Crippen molar-refractivity contribution in [3.05, 3.63) is 41.7 Å². The van der Waals surface area contributed by atoms with E-state index in [0.29, 0.717) is 17.6 Å². The van der Waals surface area contributed by atoms with Crippen molar-refractivity contribution in [1.29, 1.82) is 0 Å². The van der Waals surface area contributed by atoms with Crippen molar-refractivity contribution in [2.75, 3.05) is 11.1 Å². The van der Waals surface area contributed by atoms with E-state index in [1.54, 1.807) is 30.3 Å². The first-order valence-corrected chi connectivity index (χ1v) is 7.12. The molecular weight excluding hydrogens is 361 g/mol. The summed E-state index contributed by atoms with van der Waals surface area (Å²) < 4.78 is 40.4. The summed E-state index contributed by atoms with van der Waals surface area (Å²) in [7, 11) is 3.53. The fraction of sp³-hybridized carbons (Fsp3) is 0.231. The van der Waals surface area contributed by atoms with E-state index in [4.69, 9.17) is 17.3 Å². The van der Waals surface area contributed by atoms with Crippen molar-refractivity contribution >= 4 is 28.9 Å². The Kier molecular flexibility index (Phi) is 5.47. The van der Waals surface area contributed by atoms with Crippen molar-refractivity contribution in [3.8, 4) is 0 Å². The molecule has 0 bridgehead atoms. The van der Waals surface area contributed by atoms with Crippen LogP contribution in [0.15, 0.2) is 31.0 Å². The van der Waals surface area contributed by atoms with Crippen LogP contribution in [0.5, 0.6) is 0 Å². The van der Waals surface area contributed by atoms with E-state index in [0.717, 1.165) is 0 Å². The molecule has 12 heteroatoms. The Hall–Kier alpha value is -2.82. The molecule has 0 saturated heterocycles. The number of alkyl halides is 3. The first kappa shape index (κ1) is 18.5. The zero-order valence-electron chi connectivity index (χ0n) is 13.2. The van der Waals surface area contributed by atoms with E-state index in [9.17, 15) is 13.2 Å². The molecule has 3 aromatic rings. The molecule has 0 radical (unpaired) electrons. The number of aromatic nitrogens is 6. The standard InChI is InChI=1S/C9H7ClF3N5.C4H7N3/c1-18-4-5(2-15-18)16-8-14-3-6(7(10)17-8)9(11,12)13;1-7-3-4(5)2-6-7/h2-4H,1H3,(H,14,16,17);2-3H,5H2,1H3. The van der Waals surface area contributed by atoms with E-state index >= 15 is 0 Å². The number of nitrogens with zero attached hydrogens (tertiary/aromatic N) is 6. The number of nitrogens with two attached hydrogens (primary N) is 1. The van der Waals surface area contributed by atoms with Gasteiger partial charge in [-0.05, 0) is 0 Å². The molecule has 3 heterocycles. The Morgan fingerprint density at radius 1 is 1.08 bits per heavy atom. The molecule has 134 valence electrons. The van der Waals surface area contributed by atoms with E-state index in [1.165, 1.54) is 10.9 Å². The lowest BCUT2D eigenvalue weighted by Gasteiger charge is -2.08. The highest BCUT2D eigenvalue weighted by atomic mass is 35.5. The molecule has 3 rings (SSSR count). The third-order valence-electron chi connectivity index (χ3n) is 2.73. The van der Waals surface area contributed by atoms with Gasteiger partial charge < -0.3 is 11.1 Å². The van der Waals surface area contributed by atoms with Gasteiger partial charge in [0.05, 0.1) is 23.8 Å². The highest BCUT2D eigenvalue weighted by Crippen LogP contribution is 2.33. The first-order valence-electron chi connectivity index (χ1n) is 6.74. The highest BCUT2D eigenvalue weighted by Gasteiger charge is 2.34. The van der Waals surface area contributed by atoms with Crippen LogP contribution in [0.2, 0.25) is 5.15 Å². The molecule has 0 unspecified atom stereocenters. The van der Waals surface area contributed by atoms with Crippen LogP contribution in [0, 0.1) is 0 Å². The molecule has 3 aromatic heterocycles. The Labute approximate surface area is 145 Å². The van der Waals surface area contributed by atoms with Crippen LogP contribution < -0.4 is 11.1 Å². The van der Waals surface area contributed by atoms with Gasteiger partial charge in [-0.2, -0.15) is 23.4 Å². The van der Waals surface area contributed by atoms with Gasteiger partial charge in [0.25, 0.3) is 0 Å². The Bertz CT molecular complexity index is 825. The summed E-state index contributed by atoms with van der Waals surface area (Å²) >= 11 is 5.45. The van der Waals surface area contributed by atoms with E-state index < -0.39 is 16.9 Å². The zero-order valence-corrected chi connectivity index (χ0v) is 13.9. The molecule has 0 amide bonds. The van der Waals surface area contributed by atoms with Crippen LogP contribution in [-0.2, 0) is 20.3 Å². The van der Waals surface area contributed by atoms with Gasteiger partial charge >= 0.3 is 6.18 Å². The molecule has 0 fully saturated rings. The molecule has 0 atom stereocenters. The lowest BCUT2D eigenvalue weighted by molar-refractivity contribution is -0.137. The van der Waals surface area contributed by atoms with Gasteiger partial charge in [-0.25, -0.2) is 9.97 Å². The predicted molar refractivity (Wildman–Crippen MR) is 86.2 cm³/mol. The Morgan fingerprint density at radius 3 is 2.12 bits per heavy atom. The summed E-state index contributed by atoms with van der Waals surface area (Å²) in [5, 5.41) is 9.72. The molecule has 25 heavy (non-hydrogen) atoms. The maximum atomic E-state index is 12.4. The maximum Gasteiger partial charge on any atom is 0.420 e. The number of nitrogens with one attached hydrogen (secondary N) is 1. The lowest BCUT2D eigenvalue weighted by atomic mass is 10.3. The van der Waals surface area contributed by atoms with Crippen molar-refractivity contribution in [2.45, 2.75) is 6.18 Å². The minimum atomic E-state index is -4.57. The maximum absolute atomic E-state index is 12.4. The summed E-state index contributed by atoms with van der Waals surface area (Å²) in [5.41, 5.74) is 5.49. The normalized spacial score (nSPS) is 11.0. The van der Waals surface area contributed by atoms with Gasteiger partial charge in [0.15, 0.2) is 0 Å². The van der Waals surface area contributed by atoms with Gasteiger partial charge in [0.1, 0.15) is 10.7 Å². The average Bonchev–Trinajstić information content (AvgIpc) is 3.06. The lowest BCUT2D eigenvalue weighted by Crippen LogP contribution is -2.09. The van der Waals surface area contributed by atoms with Gasteiger partial charge in [-0.15, -0.1) is 0 Å². The molecule has 0 aromatic carbocycles. The van der Waals surface area contributed by atoms with Crippen molar-refractivity contribution in [1.82, 2.24) is 29.5 Å². The largest absolute Gasteiger partial charge is 0.420 e. The molecule has 3 N–H and O–H groups in total. The van der Waals surface area contributed by atoms with Gasteiger partial charge in [-0.1, -0.05) is 11.6 Å². The number of rotatable bonds is 2. The molecule has 8 nitrogen and oxygen atoms in total.